The van der Waals surface area contributed by atoms with Crippen LogP contribution in [0.5, 0.6) is 0 Å². The largest absolute Gasteiger partial charge is 0.481 e. The Balaban J connectivity index is 2.53. The maximum atomic E-state index is 11.0. The number of allylic oxidation sites excluding steroid dienone is 2. The van der Waals surface area contributed by atoms with E-state index in [4.69, 9.17) is 9.94 Å². The molecule has 0 aliphatic heterocycles. The first-order valence-corrected chi connectivity index (χ1v) is 5.97. The van der Waals surface area contributed by atoms with Gasteiger partial charge in [0.25, 0.3) is 0 Å². The van der Waals surface area contributed by atoms with E-state index in [1.807, 2.05) is 33.8 Å². The number of hydrogen-bond acceptors (Lipinski definition) is 3. The first kappa shape index (κ1) is 13.7. The molecular weight excluding hydrogens is 218 g/mol. The molecule has 1 saturated carbocycles. The molecule has 4 heteroatoms. The molecule has 0 radical (unpaired) electrons. The van der Waals surface area contributed by atoms with Crippen molar-refractivity contribution in [3.05, 3.63) is 11.6 Å². The Morgan fingerprint density at radius 3 is 2.65 bits per heavy atom. The minimum Gasteiger partial charge on any atom is -0.481 e. The number of rotatable bonds is 6. The van der Waals surface area contributed by atoms with E-state index in [-0.39, 0.29) is 17.3 Å². The van der Waals surface area contributed by atoms with E-state index < -0.39 is 5.97 Å². The average Bonchev–Trinajstić information content (AvgIpc) is 2.75. The van der Waals surface area contributed by atoms with Gasteiger partial charge in [-0.1, -0.05) is 32.0 Å². The molecule has 0 spiro atoms. The van der Waals surface area contributed by atoms with Gasteiger partial charge in [0.05, 0.1) is 12.1 Å². The highest BCUT2D eigenvalue weighted by atomic mass is 16.6. The van der Waals surface area contributed by atoms with Crippen LogP contribution in [0.2, 0.25) is 0 Å². The Kier molecular flexibility index (Phi) is 4.32. The Bertz CT molecular complexity index is 345. The summed E-state index contributed by atoms with van der Waals surface area (Å²) in [4.78, 5) is 16.0. The van der Waals surface area contributed by atoms with E-state index in [0.717, 1.165) is 12.0 Å². The Morgan fingerprint density at radius 2 is 2.18 bits per heavy atom. The molecule has 0 saturated heterocycles. The quantitative estimate of drug-likeness (QED) is 0.440. The van der Waals surface area contributed by atoms with Crippen molar-refractivity contribution in [1.82, 2.24) is 0 Å². The van der Waals surface area contributed by atoms with Crippen LogP contribution in [0.1, 0.15) is 34.1 Å². The van der Waals surface area contributed by atoms with Crippen molar-refractivity contribution in [3.63, 3.8) is 0 Å². The van der Waals surface area contributed by atoms with Gasteiger partial charge in [-0.25, -0.2) is 0 Å². The Hall–Kier alpha value is -1.32. The van der Waals surface area contributed by atoms with Crippen molar-refractivity contribution >= 4 is 12.2 Å². The van der Waals surface area contributed by atoms with Crippen LogP contribution in [0.25, 0.3) is 0 Å². The second-order valence-corrected chi connectivity index (χ2v) is 5.14. The number of carboxylic acids is 1. The fourth-order valence-corrected chi connectivity index (χ4v) is 2.05. The molecule has 1 N–H and O–H groups in total. The van der Waals surface area contributed by atoms with Gasteiger partial charge < -0.3 is 9.94 Å². The predicted octanol–water partition coefficient (Wildman–Crippen LogP) is 2.70. The second kappa shape index (κ2) is 5.34. The number of carboxylic acid groups (broad SMARTS) is 1. The summed E-state index contributed by atoms with van der Waals surface area (Å²) in [6.45, 7) is 8.49. The number of carbonyl (C=O) groups is 1. The van der Waals surface area contributed by atoms with E-state index in [9.17, 15) is 4.79 Å². The predicted molar refractivity (Wildman–Crippen MR) is 66.9 cm³/mol. The van der Waals surface area contributed by atoms with Crippen LogP contribution in [-0.2, 0) is 9.63 Å². The van der Waals surface area contributed by atoms with E-state index in [2.05, 4.69) is 5.16 Å². The summed E-state index contributed by atoms with van der Waals surface area (Å²) in [6, 6.07) is 0. The highest BCUT2D eigenvalue weighted by Crippen LogP contribution is 2.59. The minimum atomic E-state index is -0.719. The van der Waals surface area contributed by atoms with Gasteiger partial charge in [0, 0.05) is 0 Å². The zero-order valence-electron chi connectivity index (χ0n) is 10.9. The molecule has 4 nitrogen and oxygen atoms in total. The van der Waals surface area contributed by atoms with Gasteiger partial charge in [-0.15, -0.1) is 0 Å². The molecule has 0 aromatic carbocycles. The third-order valence-electron chi connectivity index (χ3n) is 3.25. The maximum Gasteiger partial charge on any atom is 0.307 e. The van der Waals surface area contributed by atoms with Crippen LogP contribution in [0.4, 0.5) is 0 Å². The molecule has 0 amide bonds. The average molecular weight is 239 g/mol. The molecule has 1 aliphatic rings. The van der Waals surface area contributed by atoms with Crippen LogP contribution >= 0.6 is 0 Å². The van der Waals surface area contributed by atoms with E-state index in [1.165, 1.54) is 0 Å². The molecule has 0 aromatic rings. The van der Waals surface area contributed by atoms with Crippen molar-refractivity contribution in [2.75, 3.05) is 6.61 Å². The monoisotopic (exact) mass is 239 g/mol. The van der Waals surface area contributed by atoms with Crippen LogP contribution in [0.3, 0.4) is 0 Å². The molecule has 0 bridgehead atoms. The van der Waals surface area contributed by atoms with Gasteiger partial charge in [-0.3, -0.25) is 4.79 Å². The normalized spacial score (nSPS) is 27.2. The first-order chi connectivity index (χ1) is 7.91. The summed E-state index contributed by atoms with van der Waals surface area (Å²) in [7, 11) is 0. The summed E-state index contributed by atoms with van der Waals surface area (Å²) >= 11 is 0. The highest BCUT2D eigenvalue weighted by Gasteiger charge is 2.60. The van der Waals surface area contributed by atoms with E-state index >= 15 is 0 Å². The van der Waals surface area contributed by atoms with Crippen molar-refractivity contribution < 1.29 is 14.7 Å². The molecule has 0 aromatic heterocycles. The smallest absolute Gasteiger partial charge is 0.307 e. The molecule has 17 heavy (non-hydrogen) atoms. The van der Waals surface area contributed by atoms with Gasteiger partial charge in [0.2, 0.25) is 0 Å². The van der Waals surface area contributed by atoms with E-state index in [0.29, 0.717) is 6.61 Å². The zero-order chi connectivity index (χ0) is 13.1. The molecule has 0 heterocycles. The summed E-state index contributed by atoms with van der Waals surface area (Å²) < 4.78 is 0. The highest BCUT2D eigenvalue weighted by molar-refractivity contribution is 5.80. The van der Waals surface area contributed by atoms with Gasteiger partial charge in [-0.05, 0) is 30.3 Å². The minimum absolute atomic E-state index is 0.0950. The number of aliphatic carboxylic acids is 1. The number of nitrogens with zero attached hydrogens (tertiary/aromatic N) is 1. The van der Waals surface area contributed by atoms with Crippen molar-refractivity contribution in [3.8, 4) is 0 Å². The van der Waals surface area contributed by atoms with E-state index in [1.54, 1.807) is 6.21 Å². The van der Waals surface area contributed by atoms with Crippen molar-refractivity contribution in [2.24, 2.45) is 22.4 Å². The molecule has 2 unspecified atom stereocenters. The third kappa shape index (κ3) is 3.32. The van der Waals surface area contributed by atoms with Crippen LogP contribution in [-0.4, -0.2) is 23.9 Å². The SMILES string of the molecule is CCCON=CC(C)=CC1C(C(=O)O)C1(C)C. The Morgan fingerprint density at radius 1 is 1.53 bits per heavy atom. The van der Waals surface area contributed by atoms with Gasteiger partial charge >= 0.3 is 5.97 Å². The lowest BCUT2D eigenvalue weighted by atomic mass is 10.1. The summed E-state index contributed by atoms with van der Waals surface area (Å²) in [5, 5.41) is 12.8. The second-order valence-electron chi connectivity index (χ2n) is 5.14. The summed E-state index contributed by atoms with van der Waals surface area (Å²) in [6.07, 6.45) is 4.54. The molecular formula is C13H21NO3. The fourth-order valence-electron chi connectivity index (χ4n) is 2.05. The topological polar surface area (TPSA) is 58.9 Å². The van der Waals surface area contributed by atoms with Gasteiger partial charge in [0.15, 0.2) is 0 Å². The maximum absolute atomic E-state index is 11.0. The molecule has 2 atom stereocenters. The lowest BCUT2D eigenvalue weighted by Crippen LogP contribution is -2.03. The van der Waals surface area contributed by atoms with Crippen molar-refractivity contribution in [1.29, 1.82) is 0 Å². The fraction of sp³-hybridized carbons (Fsp3) is 0.692. The van der Waals surface area contributed by atoms with Crippen molar-refractivity contribution in [2.45, 2.75) is 34.1 Å². The summed E-state index contributed by atoms with van der Waals surface area (Å²) in [5.74, 6) is -0.900. The van der Waals surface area contributed by atoms with Crippen LogP contribution < -0.4 is 0 Å². The lowest BCUT2D eigenvalue weighted by Gasteiger charge is -1.98. The van der Waals surface area contributed by atoms with Crippen LogP contribution in [0, 0.1) is 17.3 Å². The van der Waals surface area contributed by atoms with Gasteiger partial charge in [-0.2, -0.15) is 0 Å². The molecule has 1 rings (SSSR count). The standard InChI is InChI=1S/C13H21NO3/c1-5-6-17-14-8-9(2)7-10-11(12(15)16)13(10,3)4/h7-8,10-11H,5-6H2,1-4H3,(H,15,16). The molecule has 1 aliphatic carbocycles. The third-order valence-corrected chi connectivity index (χ3v) is 3.25. The zero-order valence-corrected chi connectivity index (χ0v) is 10.9. The Labute approximate surface area is 102 Å². The first-order valence-electron chi connectivity index (χ1n) is 5.97. The molecule has 96 valence electrons. The number of hydrogen-bond donors (Lipinski definition) is 1. The molecule has 1 fully saturated rings. The lowest BCUT2D eigenvalue weighted by molar-refractivity contribution is -0.139. The number of oxime groups is 1. The van der Waals surface area contributed by atoms with Gasteiger partial charge in [0.1, 0.15) is 6.61 Å². The van der Waals surface area contributed by atoms with Crippen LogP contribution in [0.15, 0.2) is 16.8 Å². The summed E-state index contributed by atoms with van der Waals surface area (Å²) in [5.41, 5.74) is 0.800.